The van der Waals surface area contributed by atoms with E-state index >= 15 is 0 Å². The van der Waals surface area contributed by atoms with Gasteiger partial charge in [0.2, 0.25) is 0 Å². The lowest BCUT2D eigenvalue weighted by molar-refractivity contribution is 0.0413. The lowest BCUT2D eigenvalue weighted by Crippen LogP contribution is -2.54. The lowest BCUT2D eigenvalue weighted by Gasteiger charge is -2.42. The maximum atomic E-state index is 13.8. The maximum absolute atomic E-state index is 13.8. The molecule has 2 saturated heterocycles. The van der Waals surface area contributed by atoms with Crippen LogP contribution in [0.25, 0.3) is 22.2 Å². The van der Waals surface area contributed by atoms with Crippen molar-refractivity contribution in [2.45, 2.75) is 18.9 Å². The van der Waals surface area contributed by atoms with Gasteiger partial charge in [0.1, 0.15) is 5.75 Å². The molecule has 6 rings (SSSR count). The van der Waals surface area contributed by atoms with Crippen LogP contribution in [-0.2, 0) is 0 Å². The lowest BCUT2D eigenvalue weighted by atomic mass is 10.0. The number of aromatic hydroxyl groups is 1. The number of benzene rings is 3. The molecule has 2 aliphatic heterocycles. The van der Waals surface area contributed by atoms with Crippen molar-refractivity contribution in [3.63, 3.8) is 0 Å². The van der Waals surface area contributed by atoms with Crippen LogP contribution in [0.3, 0.4) is 0 Å². The predicted octanol–water partition coefficient (Wildman–Crippen LogP) is 4.67. The SMILES string of the molecule is O=C(c1ccccc1)N1CCC(N2CCN(C(=O)c3cc(-c4cccc(O)c4)nc4ccccc34)CC2)CC1. The molecule has 0 unspecified atom stereocenters. The first-order chi connectivity index (χ1) is 19.1. The molecular formula is C32H32N4O3. The van der Waals surface area contributed by atoms with Gasteiger partial charge in [0.25, 0.3) is 11.8 Å². The number of rotatable bonds is 4. The van der Waals surface area contributed by atoms with Gasteiger partial charge in [0.15, 0.2) is 0 Å². The fourth-order valence-corrected chi connectivity index (χ4v) is 5.82. The van der Waals surface area contributed by atoms with Gasteiger partial charge in [-0.2, -0.15) is 0 Å². The summed E-state index contributed by atoms with van der Waals surface area (Å²) in [4.78, 5) is 37.8. The molecule has 2 aliphatic rings. The zero-order valence-corrected chi connectivity index (χ0v) is 21.9. The smallest absolute Gasteiger partial charge is 0.254 e. The zero-order valence-electron chi connectivity index (χ0n) is 21.9. The number of likely N-dealkylation sites (tertiary alicyclic amines) is 1. The molecule has 1 aromatic heterocycles. The summed E-state index contributed by atoms with van der Waals surface area (Å²) in [5, 5.41) is 10.8. The Labute approximate surface area is 228 Å². The molecule has 0 radical (unpaired) electrons. The van der Waals surface area contributed by atoms with E-state index < -0.39 is 0 Å². The number of phenolic OH excluding ortho intramolecular Hbond substituents is 1. The van der Waals surface area contributed by atoms with E-state index in [9.17, 15) is 14.7 Å². The third kappa shape index (κ3) is 5.22. The van der Waals surface area contributed by atoms with E-state index in [-0.39, 0.29) is 17.6 Å². The average molecular weight is 521 g/mol. The Morgan fingerprint density at radius 2 is 1.41 bits per heavy atom. The first-order valence-corrected chi connectivity index (χ1v) is 13.6. The van der Waals surface area contributed by atoms with E-state index in [1.165, 1.54) is 0 Å². The monoisotopic (exact) mass is 520 g/mol. The Balaban J connectivity index is 1.12. The molecule has 198 valence electrons. The van der Waals surface area contributed by atoms with Crippen LogP contribution in [0.1, 0.15) is 33.6 Å². The van der Waals surface area contributed by atoms with E-state index in [0.717, 1.165) is 61.1 Å². The van der Waals surface area contributed by atoms with Gasteiger partial charge in [-0.3, -0.25) is 14.5 Å². The van der Waals surface area contributed by atoms with Crippen molar-refractivity contribution in [2.24, 2.45) is 0 Å². The molecule has 7 nitrogen and oxygen atoms in total. The number of carbonyl (C=O) groups excluding carboxylic acids is 2. The second-order valence-electron chi connectivity index (χ2n) is 10.3. The molecule has 3 heterocycles. The van der Waals surface area contributed by atoms with Gasteiger partial charge in [-0.05, 0) is 49.2 Å². The van der Waals surface area contributed by atoms with Crippen molar-refractivity contribution < 1.29 is 14.7 Å². The molecule has 4 aromatic rings. The second kappa shape index (κ2) is 10.9. The van der Waals surface area contributed by atoms with Gasteiger partial charge in [-0.1, -0.05) is 48.5 Å². The quantitative estimate of drug-likeness (QED) is 0.423. The number of hydrogen-bond acceptors (Lipinski definition) is 5. The highest BCUT2D eigenvalue weighted by Crippen LogP contribution is 2.28. The van der Waals surface area contributed by atoms with Crippen molar-refractivity contribution >= 4 is 22.7 Å². The van der Waals surface area contributed by atoms with Crippen LogP contribution < -0.4 is 0 Å². The summed E-state index contributed by atoms with van der Waals surface area (Å²) < 4.78 is 0. The number of nitrogens with zero attached hydrogens (tertiary/aromatic N) is 4. The van der Waals surface area contributed by atoms with Crippen LogP contribution in [-0.4, -0.2) is 81.9 Å². The van der Waals surface area contributed by atoms with Crippen LogP contribution in [0, 0.1) is 0 Å². The normalized spacial score (nSPS) is 16.9. The number of phenols is 1. The van der Waals surface area contributed by atoms with Crippen molar-refractivity contribution in [1.29, 1.82) is 0 Å². The molecule has 39 heavy (non-hydrogen) atoms. The molecule has 3 aromatic carbocycles. The topological polar surface area (TPSA) is 77.0 Å². The number of carbonyl (C=O) groups is 2. The second-order valence-corrected chi connectivity index (χ2v) is 10.3. The Hall–Kier alpha value is -4.23. The molecule has 7 heteroatoms. The van der Waals surface area contributed by atoms with E-state index in [2.05, 4.69) is 4.90 Å². The molecule has 0 atom stereocenters. The van der Waals surface area contributed by atoms with Crippen molar-refractivity contribution in [3.05, 3.63) is 96.1 Å². The minimum atomic E-state index is 0.0120. The molecule has 2 fully saturated rings. The largest absolute Gasteiger partial charge is 0.508 e. The maximum Gasteiger partial charge on any atom is 0.254 e. The molecule has 0 bridgehead atoms. The van der Waals surface area contributed by atoms with Crippen molar-refractivity contribution in [1.82, 2.24) is 19.7 Å². The van der Waals surface area contributed by atoms with Crippen LogP contribution in [0.2, 0.25) is 0 Å². The number of pyridine rings is 1. The number of fused-ring (bicyclic) bond motifs is 1. The summed E-state index contributed by atoms with van der Waals surface area (Å²) >= 11 is 0. The summed E-state index contributed by atoms with van der Waals surface area (Å²) in [5.74, 6) is 0.291. The minimum Gasteiger partial charge on any atom is -0.508 e. The van der Waals surface area contributed by atoms with E-state index in [4.69, 9.17) is 4.98 Å². The van der Waals surface area contributed by atoms with Crippen LogP contribution in [0.5, 0.6) is 5.75 Å². The zero-order chi connectivity index (χ0) is 26.8. The highest BCUT2D eigenvalue weighted by Gasteiger charge is 2.31. The summed E-state index contributed by atoms with van der Waals surface area (Å²) in [6, 6.07) is 26.5. The first kappa shape index (κ1) is 25.1. The third-order valence-corrected chi connectivity index (χ3v) is 7.98. The fourth-order valence-electron chi connectivity index (χ4n) is 5.82. The Morgan fingerprint density at radius 3 is 2.15 bits per heavy atom. The van der Waals surface area contributed by atoms with Gasteiger partial charge in [0.05, 0.1) is 16.8 Å². The van der Waals surface area contributed by atoms with Gasteiger partial charge in [-0.15, -0.1) is 0 Å². The molecule has 0 aliphatic carbocycles. The Bertz CT molecular complexity index is 1490. The Kier molecular flexibility index (Phi) is 6.99. The van der Waals surface area contributed by atoms with Gasteiger partial charge in [-0.25, -0.2) is 4.98 Å². The number of aromatic nitrogens is 1. The molecule has 0 saturated carbocycles. The molecule has 0 spiro atoms. The van der Waals surface area contributed by atoms with Crippen molar-refractivity contribution in [2.75, 3.05) is 39.3 Å². The number of amides is 2. The molecule has 2 amide bonds. The predicted molar refractivity (Wildman–Crippen MR) is 152 cm³/mol. The van der Waals surface area contributed by atoms with Crippen molar-refractivity contribution in [3.8, 4) is 17.0 Å². The highest BCUT2D eigenvalue weighted by atomic mass is 16.3. The van der Waals surface area contributed by atoms with E-state index in [1.807, 2.05) is 76.5 Å². The van der Waals surface area contributed by atoms with Crippen LogP contribution in [0.4, 0.5) is 0 Å². The Morgan fingerprint density at radius 1 is 0.718 bits per heavy atom. The van der Waals surface area contributed by atoms with Gasteiger partial charge in [0, 0.05) is 61.8 Å². The molecular weight excluding hydrogens is 488 g/mol. The first-order valence-electron chi connectivity index (χ1n) is 13.6. The summed E-state index contributed by atoms with van der Waals surface area (Å²) in [5.41, 5.74) is 3.59. The third-order valence-electron chi connectivity index (χ3n) is 7.98. The summed E-state index contributed by atoms with van der Waals surface area (Å²) in [6.45, 7) is 4.51. The molecule has 1 N–H and O–H groups in total. The highest BCUT2D eigenvalue weighted by molar-refractivity contribution is 6.07. The van der Waals surface area contributed by atoms with E-state index in [0.29, 0.717) is 30.4 Å². The number of piperidine rings is 1. The number of hydrogen-bond donors (Lipinski definition) is 1. The number of para-hydroxylation sites is 1. The van der Waals surface area contributed by atoms with Gasteiger partial charge < -0.3 is 14.9 Å². The fraction of sp³-hybridized carbons (Fsp3) is 0.281. The number of piperazine rings is 1. The van der Waals surface area contributed by atoms with Crippen LogP contribution in [0.15, 0.2) is 84.9 Å². The minimum absolute atomic E-state index is 0.0120. The average Bonchev–Trinajstić information content (AvgIpc) is 3.00. The van der Waals surface area contributed by atoms with Crippen LogP contribution >= 0.6 is 0 Å². The summed E-state index contributed by atoms with van der Waals surface area (Å²) in [7, 11) is 0. The standard InChI is InChI=1S/C32H32N4O3/c37-26-10-6-9-24(21-26)30-22-28(27-11-4-5-12-29(27)33-30)32(39)36-19-17-34(18-20-36)25-13-15-35(16-14-25)31(38)23-7-2-1-3-8-23/h1-12,21-22,25,37H,13-20H2. The summed E-state index contributed by atoms with van der Waals surface area (Å²) in [6.07, 6.45) is 1.91. The van der Waals surface area contributed by atoms with Gasteiger partial charge >= 0.3 is 0 Å². The van der Waals surface area contributed by atoms with E-state index in [1.54, 1.807) is 18.2 Å².